The summed E-state index contributed by atoms with van der Waals surface area (Å²) < 4.78 is 0. The van der Waals surface area contributed by atoms with E-state index in [9.17, 15) is 9.59 Å². The van der Waals surface area contributed by atoms with Crippen molar-refractivity contribution in [2.75, 3.05) is 13.6 Å². The first-order valence-corrected chi connectivity index (χ1v) is 5.32. The minimum Gasteiger partial charge on any atom is -0.481 e. The van der Waals surface area contributed by atoms with Gasteiger partial charge in [-0.15, -0.1) is 0 Å². The fourth-order valence-corrected chi connectivity index (χ4v) is 1.34. The number of carbonyl (C=O) groups is 2. The van der Waals surface area contributed by atoms with Crippen molar-refractivity contribution in [2.24, 2.45) is 5.92 Å². The minimum absolute atomic E-state index is 0.152. The van der Waals surface area contributed by atoms with Crippen LogP contribution in [0.5, 0.6) is 0 Å². The van der Waals surface area contributed by atoms with E-state index in [1.165, 1.54) is 4.90 Å². The molecule has 0 saturated heterocycles. The van der Waals surface area contributed by atoms with E-state index in [4.69, 9.17) is 10.4 Å². The summed E-state index contributed by atoms with van der Waals surface area (Å²) in [6.45, 7) is 5.30. The van der Waals surface area contributed by atoms with Crippen LogP contribution in [-0.2, 0) is 4.79 Å². The van der Waals surface area contributed by atoms with Crippen LogP contribution in [0.2, 0.25) is 0 Å². The van der Waals surface area contributed by atoms with Gasteiger partial charge in [-0.1, -0.05) is 0 Å². The summed E-state index contributed by atoms with van der Waals surface area (Å²) in [5.41, 5.74) is -0.812. The number of amides is 2. The zero-order valence-electron chi connectivity index (χ0n) is 10.6. The SMILES string of the molecule is CC(C#N)CN(C)C(=O)NC(C)(C)CC(=O)O. The standard InChI is InChI=1S/C11H19N3O3/c1-8(6-12)7-14(4)10(17)13-11(2,3)5-9(15)16/h8H,5,7H2,1-4H3,(H,13,17)(H,15,16). The first-order chi connectivity index (χ1) is 7.68. The van der Waals surface area contributed by atoms with E-state index in [0.29, 0.717) is 6.54 Å². The van der Waals surface area contributed by atoms with Gasteiger partial charge in [-0.3, -0.25) is 4.79 Å². The Balaban J connectivity index is 4.34. The first-order valence-electron chi connectivity index (χ1n) is 5.32. The van der Waals surface area contributed by atoms with Gasteiger partial charge >= 0.3 is 12.0 Å². The molecule has 0 aromatic rings. The van der Waals surface area contributed by atoms with Crippen molar-refractivity contribution in [3.63, 3.8) is 0 Å². The molecule has 0 aliphatic rings. The molecule has 96 valence electrons. The Morgan fingerprint density at radius 1 is 1.53 bits per heavy atom. The van der Waals surface area contributed by atoms with Crippen LogP contribution < -0.4 is 5.32 Å². The quantitative estimate of drug-likeness (QED) is 0.752. The maximum atomic E-state index is 11.7. The number of carboxylic acid groups (broad SMARTS) is 1. The molecule has 0 fully saturated rings. The second-order valence-corrected chi connectivity index (χ2v) is 4.80. The molecule has 0 bridgehead atoms. The molecule has 6 nitrogen and oxygen atoms in total. The van der Waals surface area contributed by atoms with E-state index in [-0.39, 0.29) is 18.4 Å². The number of nitriles is 1. The predicted octanol–water partition coefficient (Wildman–Crippen LogP) is 1.04. The van der Waals surface area contributed by atoms with Crippen molar-refractivity contribution in [1.82, 2.24) is 10.2 Å². The summed E-state index contributed by atoms with van der Waals surface area (Å²) in [7, 11) is 1.57. The lowest BCUT2D eigenvalue weighted by Gasteiger charge is -2.28. The number of carbonyl (C=O) groups excluding carboxylic acids is 1. The van der Waals surface area contributed by atoms with Crippen LogP contribution in [0.3, 0.4) is 0 Å². The number of rotatable bonds is 5. The summed E-state index contributed by atoms with van der Waals surface area (Å²) in [6.07, 6.45) is -0.152. The Bertz CT molecular complexity index is 333. The summed E-state index contributed by atoms with van der Waals surface area (Å²) in [5, 5.41) is 19.9. The molecule has 0 rings (SSSR count). The Morgan fingerprint density at radius 3 is 2.47 bits per heavy atom. The highest BCUT2D eigenvalue weighted by molar-refractivity contribution is 5.76. The molecule has 0 aromatic carbocycles. The molecule has 0 radical (unpaired) electrons. The average molecular weight is 241 g/mol. The maximum Gasteiger partial charge on any atom is 0.317 e. The second kappa shape index (κ2) is 6.09. The Morgan fingerprint density at radius 2 is 2.06 bits per heavy atom. The number of nitrogens with zero attached hydrogens (tertiary/aromatic N) is 2. The van der Waals surface area contributed by atoms with E-state index < -0.39 is 11.5 Å². The summed E-state index contributed by atoms with van der Waals surface area (Å²) in [5.74, 6) is -1.23. The number of aliphatic carboxylic acids is 1. The average Bonchev–Trinajstić information content (AvgIpc) is 2.14. The molecular weight excluding hydrogens is 222 g/mol. The van der Waals surface area contributed by atoms with Gasteiger partial charge in [0.1, 0.15) is 0 Å². The van der Waals surface area contributed by atoms with Gasteiger partial charge in [0.05, 0.1) is 18.4 Å². The van der Waals surface area contributed by atoms with E-state index in [1.54, 1.807) is 27.8 Å². The molecule has 0 aliphatic carbocycles. The van der Waals surface area contributed by atoms with Crippen molar-refractivity contribution in [2.45, 2.75) is 32.7 Å². The lowest BCUT2D eigenvalue weighted by molar-refractivity contribution is -0.138. The Kier molecular flexibility index (Phi) is 5.45. The van der Waals surface area contributed by atoms with Crippen LogP contribution in [0, 0.1) is 17.2 Å². The van der Waals surface area contributed by atoms with Gasteiger partial charge in [-0.25, -0.2) is 4.79 Å². The largest absolute Gasteiger partial charge is 0.481 e. The molecule has 0 spiro atoms. The third-order valence-electron chi connectivity index (χ3n) is 2.15. The zero-order valence-corrected chi connectivity index (χ0v) is 10.6. The summed E-state index contributed by atoms with van der Waals surface area (Å²) >= 11 is 0. The summed E-state index contributed by atoms with van der Waals surface area (Å²) in [6, 6.07) is 1.65. The van der Waals surface area contributed by atoms with E-state index in [1.807, 2.05) is 6.07 Å². The van der Waals surface area contributed by atoms with Crippen molar-refractivity contribution in [3.05, 3.63) is 0 Å². The van der Waals surface area contributed by atoms with Gasteiger partial charge < -0.3 is 15.3 Å². The summed E-state index contributed by atoms with van der Waals surface area (Å²) in [4.78, 5) is 23.7. The molecule has 2 N–H and O–H groups in total. The first kappa shape index (κ1) is 15.2. The van der Waals surface area contributed by atoms with Crippen LogP contribution in [0.4, 0.5) is 4.79 Å². The monoisotopic (exact) mass is 241 g/mol. The predicted molar refractivity (Wildman–Crippen MR) is 62.3 cm³/mol. The van der Waals surface area contributed by atoms with E-state index in [2.05, 4.69) is 5.32 Å². The van der Waals surface area contributed by atoms with Crippen LogP contribution in [-0.4, -0.2) is 41.1 Å². The van der Waals surface area contributed by atoms with Crippen molar-refractivity contribution >= 4 is 12.0 Å². The smallest absolute Gasteiger partial charge is 0.317 e. The maximum absolute atomic E-state index is 11.7. The normalized spacial score (nSPS) is 12.4. The lowest BCUT2D eigenvalue weighted by atomic mass is 10.0. The molecular formula is C11H19N3O3. The molecule has 2 amide bonds. The topological polar surface area (TPSA) is 93.4 Å². The number of urea groups is 1. The molecule has 1 unspecified atom stereocenters. The molecule has 1 atom stereocenters. The van der Waals surface area contributed by atoms with Gasteiger partial charge in [-0.2, -0.15) is 5.26 Å². The minimum atomic E-state index is -0.969. The van der Waals surface area contributed by atoms with E-state index in [0.717, 1.165) is 0 Å². The molecule has 0 aromatic heterocycles. The van der Waals surface area contributed by atoms with Crippen LogP contribution in [0.1, 0.15) is 27.2 Å². The van der Waals surface area contributed by atoms with Gasteiger partial charge in [0.2, 0.25) is 0 Å². The van der Waals surface area contributed by atoms with Crippen molar-refractivity contribution in [3.8, 4) is 6.07 Å². The van der Waals surface area contributed by atoms with E-state index >= 15 is 0 Å². The fourth-order valence-electron chi connectivity index (χ4n) is 1.34. The molecule has 0 saturated carbocycles. The number of nitrogens with one attached hydrogen (secondary N) is 1. The highest BCUT2D eigenvalue weighted by Gasteiger charge is 2.25. The van der Waals surface area contributed by atoms with Gasteiger partial charge in [-0.05, 0) is 20.8 Å². The third kappa shape index (κ3) is 6.40. The van der Waals surface area contributed by atoms with Crippen LogP contribution in [0.15, 0.2) is 0 Å². The Labute approximate surface area is 101 Å². The molecule has 0 aliphatic heterocycles. The third-order valence-corrected chi connectivity index (χ3v) is 2.15. The highest BCUT2D eigenvalue weighted by Crippen LogP contribution is 2.09. The van der Waals surface area contributed by atoms with Gasteiger partial charge in [0.25, 0.3) is 0 Å². The highest BCUT2D eigenvalue weighted by atomic mass is 16.4. The Hall–Kier alpha value is -1.77. The van der Waals surface area contributed by atoms with Crippen molar-refractivity contribution < 1.29 is 14.7 Å². The van der Waals surface area contributed by atoms with Crippen LogP contribution in [0.25, 0.3) is 0 Å². The van der Waals surface area contributed by atoms with Gasteiger partial charge in [0.15, 0.2) is 0 Å². The van der Waals surface area contributed by atoms with Crippen LogP contribution >= 0.6 is 0 Å². The van der Waals surface area contributed by atoms with Gasteiger partial charge in [0, 0.05) is 19.1 Å². The molecule has 17 heavy (non-hydrogen) atoms. The zero-order chi connectivity index (χ0) is 13.6. The fraction of sp³-hybridized carbons (Fsp3) is 0.727. The number of carboxylic acids is 1. The molecule has 6 heteroatoms. The second-order valence-electron chi connectivity index (χ2n) is 4.80. The van der Waals surface area contributed by atoms with Crippen molar-refractivity contribution in [1.29, 1.82) is 5.26 Å². The lowest BCUT2D eigenvalue weighted by Crippen LogP contribution is -2.50. The molecule has 0 heterocycles. The number of hydrogen-bond acceptors (Lipinski definition) is 3. The number of hydrogen-bond donors (Lipinski definition) is 2.